The second-order valence-corrected chi connectivity index (χ2v) is 7.72. The van der Waals surface area contributed by atoms with Gasteiger partial charge in [0.1, 0.15) is 5.76 Å². The molecule has 1 saturated carbocycles. The molecule has 1 aromatic heterocycles. The van der Waals surface area contributed by atoms with Gasteiger partial charge in [-0.1, -0.05) is 12.1 Å². The van der Waals surface area contributed by atoms with E-state index in [4.69, 9.17) is 9.15 Å². The van der Waals surface area contributed by atoms with Crippen LogP contribution in [0.1, 0.15) is 36.1 Å². The van der Waals surface area contributed by atoms with Crippen molar-refractivity contribution in [2.75, 3.05) is 26.8 Å². The minimum atomic E-state index is -4.36. The Morgan fingerprint density at radius 2 is 2.03 bits per heavy atom. The minimum absolute atomic E-state index is 0.158. The van der Waals surface area contributed by atoms with E-state index >= 15 is 0 Å². The van der Waals surface area contributed by atoms with Crippen LogP contribution in [0.2, 0.25) is 0 Å². The molecule has 1 heterocycles. The molecule has 0 saturated heterocycles. The van der Waals surface area contributed by atoms with Gasteiger partial charge in [-0.05, 0) is 54.5 Å². The quantitative estimate of drug-likeness (QED) is 0.440. The number of nitrogens with zero attached hydrogens (tertiary/aromatic N) is 1. The van der Waals surface area contributed by atoms with Gasteiger partial charge < -0.3 is 19.8 Å². The molecule has 0 aliphatic heterocycles. The van der Waals surface area contributed by atoms with Crippen molar-refractivity contribution in [3.63, 3.8) is 0 Å². The molecule has 0 bridgehead atoms. The lowest BCUT2D eigenvalue weighted by Crippen LogP contribution is -2.41. The maximum atomic E-state index is 12.9. The highest BCUT2D eigenvalue weighted by atomic mass is 19.4. The zero-order valence-electron chi connectivity index (χ0n) is 17.1. The summed E-state index contributed by atoms with van der Waals surface area (Å²) < 4.78 is 49.4. The van der Waals surface area contributed by atoms with Gasteiger partial charge in [0, 0.05) is 33.2 Å². The Labute approximate surface area is 174 Å². The second-order valence-electron chi connectivity index (χ2n) is 7.72. The molecule has 0 atom stereocenters. The van der Waals surface area contributed by atoms with Gasteiger partial charge in [-0.15, -0.1) is 0 Å². The van der Waals surface area contributed by atoms with Crippen molar-refractivity contribution in [2.24, 2.45) is 10.4 Å². The number of furan rings is 1. The molecule has 8 heteroatoms. The van der Waals surface area contributed by atoms with E-state index in [1.807, 2.05) is 12.1 Å². The highest BCUT2D eigenvalue weighted by Crippen LogP contribution is 2.48. The van der Waals surface area contributed by atoms with Crippen molar-refractivity contribution in [2.45, 2.75) is 38.4 Å². The zero-order chi connectivity index (χ0) is 21.5. The Kier molecular flexibility index (Phi) is 7.42. The molecular weight excluding hydrogens is 395 g/mol. The topological polar surface area (TPSA) is 58.8 Å². The zero-order valence-corrected chi connectivity index (χ0v) is 17.1. The van der Waals surface area contributed by atoms with E-state index in [1.165, 1.54) is 6.07 Å². The predicted molar refractivity (Wildman–Crippen MR) is 109 cm³/mol. The first-order chi connectivity index (χ1) is 14.4. The van der Waals surface area contributed by atoms with E-state index in [2.05, 4.69) is 15.6 Å². The first-order valence-electron chi connectivity index (χ1n) is 10.1. The lowest BCUT2D eigenvalue weighted by molar-refractivity contribution is -0.137. The normalized spacial score (nSPS) is 15.8. The molecule has 164 valence electrons. The lowest BCUT2D eigenvalue weighted by Gasteiger charge is -2.18. The largest absolute Gasteiger partial charge is 0.469 e. The van der Waals surface area contributed by atoms with Gasteiger partial charge in [0.15, 0.2) is 5.96 Å². The van der Waals surface area contributed by atoms with E-state index in [1.54, 1.807) is 19.4 Å². The number of methoxy groups -OCH3 is 1. The van der Waals surface area contributed by atoms with Crippen molar-refractivity contribution in [1.82, 2.24) is 10.6 Å². The molecule has 2 aromatic rings. The van der Waals surface area contributed by atoms with E-state index in [0.29, 0.717) is 31.1 Å². The van der Waals surface area contributed by atoms with Crippen LogP contribution < -0.4 is 10.6 Å². The van der Waals surface area contributed by atoms with Crippen LogP contribution in [0, 0.1) is 5.41 Å². The molecule has 1 fully saturated rings. The number of ether oxygens (including phenoxy) is 1. The van der Waals surface area contributed by atoms with Gasteiger partial charge >= 0.3 is 6.18 Å². The van der Waals surface area contributed by atoms with Gasteiger partial charge in [-0.2, -0.15) is 13.2 Å². The third-order valence-corrected chi connectivity index (χ3v) is 5.34. The van der Waals surface area contributed by atoms with E-state index < -0.39 is 11.7 Å². The van der Waals surface area contributed by atoms with Crippen LogP contribution in [0.25, 0.3) is 0 Å². The number of alkyl halides is 3. The van der Waals surface area contributed by atoms with Gasteiger partial charge in [-0.3, -0.25) is 0 Å². The molecule has 1 aliphatic rings. The molecule has 1 aromatic carbocycles. The van der Waals surface area contributed by atoms with Crippen LogP contribution in [0.4, 0.5) is 13.2 Å². The van der Waals surface area contributed by atoms with Crippen LogP contribution in [-0.4, -0.2) is 32.8 Å². The van der Waals surface area contributed by atoms with Gasteiger partial charge in [-0.25, -0.2) is 4.99 Å². The standard InChI is InChI=1S/C22H28F3N3O2/c1-29-13-10-21(8-9-21)16-28-20(26-11-7-19-6-3-12-30-19)27-15-17-4-2-5-18(14-17)22(23,24)25/h2-6,12,14H,7-11,13,15-16H2,1H3,(H2,26,27,28). The number of rotatable bonds is 10. The molecule has 3 rings (SSSR count). The molecular formula is C22H28F3N3O2. The third-order valence-electron chi connectivity index (χ3n) is 5.34. The van der Waals surface area contributed by atoms with Crippen molar-refractivity contribution < 1.29 is 22.3 Å². The summed E-state index contributed by atoms with van der Waals surface area (Å²) in [6, 6.07) is 9.02. The van der Waals surface area contributed by atoms with Crippen molar-refractivity contribution in [3.8, 4) is 0 Å². The molecule has 0 spiro atoms. The monoisotopic (exact) mass is 423 g/mol. The lowest BCUT2D eigenvalue weighted by atomic mass is 10.0. The number of nitrogens with one attached hydrogen (secondary N) is 2. The van der Waals surface area contributed by atoms with E-state index in [9.17, 15) is 13.2 Å². The fourth-order valence-corrected chi connectivity index (χ4v) is 3.23. The number of hydrogen-bond acceptors (Lipinski definition) is 3. The molecule has 1 aliphatic carbocycles. The Balaban J connectivity index is 1.61. The summed E-state index contributed by atoms with van der Waals surface area (Å²) in [6.07, 6.45) is 1.20. The molecule has 0 radical (unpaired) electrons. The number of aliphatic imine (C=N–C) groups is 1. The summed E-state index contributed by atoms with van der Waals surface area (Å²) in [5.41, 5.74) is 0.0693. The number of halogens is 3. The Bertz CT molecular complexity index is 815. The van der Waals surface area contributed by atoms with Gasteiger partial charge in [0.05, 0.1) is 18.4 Å². The maximum absolute atomic E-state index is 12.9. The van der Waals surface area contributed by atoms with E-state index in [-0.39, 0.29) is 12.0 Å². The van der Waals surface area contributed by atoms with Crippen molar-refractivity contribution >= 4 is 5.96 Å². The first-order valence-corrected chi connectivity index (χ1v) is 10.1. The van der Waals surface area contributed by atoms with Crippen LogP contribution in [0.5, 0.6) is 0 Å². The Hall–Kier alpha value is -2.48. The van der Waals surface area contributed by atoms with Crippen LogP contribution >= 0.6 is 0 Å². The van der Waals surface area contributed by atoms with Crippen molar-refractivity contribution in [3.05, 3.63) is 59.5 Å². The SMILES string of the molecule is COCCC1(CNC(=NCc2cccc(C(F)(F)F)c2)NCCc2ccco2)CC1. The summed E-state index contributed by atoms with van der Waals surface area (Å²) in [4.78, 5) is 4.51. The highest BCUT2D eigenvalue weighted by Gasteiger charge is 2.41. The van der Waals surface area contributed by atoms with Crippen LogP contribution in [0.15, 0.2) is 52.1 Å². The van der Waals surface area contributed by atoms with E-state index in [0.717, 1.165) is 43.7 Å². The second kappa shape index (κ2) is 10.0. The summed E-state index contributed by atoms with van der Waals surface area (Å²) in [5, 5.41) is 6.61. The summed E-state index contributed by atoms with van der Waals surface area (Å²) in [7, 11) is 1.70. The minimum Gasteiger partial charge on any atom is -0.469 e. The molecule has 5 nitrogen and oxygen atoms in total. The molecule has 2 N–H and O–H groups in total. The average Bonchev–Trinajstić information content (AvgIpc) is 3.30. The summed E-state index contributed by atoms with van der Waals surface area (Å²) in [5.74, 6) is 1.45. The molecule has 30 heavy (non-hydrogen) atoms. The highest BCUT2D eigenvalue weighted by molar-refractivity contribution is 5.79. The van der Waals surface area contributed by atoms with Crippen LogP contribution in [0.3, 0.4) is 0 Å². The number of guanidine groups is 1. The maximum Gasteiger partial charge on any atom is 0.416 e. The molecule has 0 unspecified atom stereocenters. The Morgan fingerprint density at radius 3 is 2.70 bits per heavy atom. The van der Waals surface area contributed by atoms with Crippen LogP contribution in [-0.2, 0) is 23.9 Å². The van der Waals surface area contributed by atoms with Crippen molar-refractivity contribution in [1.29, 1.82) is 0 Å². The molecule has 0 amide bonds. The number of benzene rings is 1. The summed E-state index contributed by atoms with van der Waals surface area (Å²) >= 11 is 0. The fraction of sp³-hybridized carbons (Fsp3) is 0.500. The smallest absolute Gasteiger partial charge is 0.416 e. The fourth-order valence-electron chi connectivity index (χ4n) is 3.23. The predicted octanol–water partition coefficient (Wildman–Crippen LogP) is 4.39. The van der Waals surface area contributed by atoms with Gasteiger partial charge in [0.2, 0.25) is 0 Å². The average molecular weight is 423 g/mol. The number of hydrogen-bond donors (Lipinski definition) is 2. The van der Waals surface area contributed by atoms with Gasteiger partial charge in [0.25, 0.3) is 0 Å². The Morgan fingerprint density at radius 1 is 1.20 bits per heavy atom. The first kappa shape index (κ1) is 22.2. The third kappa shape index (κ3) is 6.79. The summed E-state index contributed by atoms with van der Waals surface area (Å²) in [6.45, 7) is 2.23.